The summed E-state index contributed by atoms with van der Waals surface area (Å²) in [7, 11) is 0. The quantitative estimate of drug-likeness (QED) is 0.848. The minimum absolute atomic E-state index is 0.314. The summed E-state index contributed by atoms with van der Waals surface area (Å²) in [5.74, 6) is 1.22. The number of pyridine rings is 1. The molecule has 21 heavy (non-hydrogen) atoms. The van der Waals surface area contributed by atoms with Crippen molar-refractivity contribution < 1.29 is 4.79 Å². The fourth-order valence-corrected chi connectivity index (χ4v) is 3.94. The Bertz CT molecular complexity index is 555. The van der Waals surface area contributed by atoms with Gasteiger partial charge in [-0.05, 0) is 44.2 Å². The average molecular weight is 285 g/mol. The van der Waals surface area contributed by atoms with Gasteiger partial charge in [0.1, 0.15) is 0 Å². The fraction of sp³-hybridized carbons (Fsp3) is 0.647. The third-order valence-corrected chi connectivity index (χ3v) is 5.20. The standard InChI is InChI=1S/C17H23N3O/c1-12-3-2-4-14(18-12)11-20-15-7-8-19(10-13-5-6-13)16(15)9-17(20)21/h2-4,13,15-16H,5-11H2,1H3/t15-,16-/m0/s1. The smallest absolute Gasteiger partial charge is 0.224 e. The van der Waals surface area contributed by atoms with E-state index in [1.807, 2.05) is 25.1 Å². The van der Waals surface area contributed by atoms with Gasteiger partial charge >= 0.3 is 0 Å². The third-order valence-electron chi connectivity index (χ3n) is 5.20. The molecule has 2 aliphatic heterocycles. The van der Waals surface area contributed by atoms with E-state index in [1.54, 1.807) is 0 Å². The van der Waals surface area contributed by atoms with Gasteiger partial charge in [-0.3, -0.25) is 14.7 Å². The van der Waals surface area contributed by atoms with Crippen LogP contribution in [0.5, 0.6) is 0 Å². The highest BCUT2D eigenvalue weighted by Gasteiger charge is 2.47. The van der Waals surface area contributed by atoms with Gasteiger partial charge in [-0.25, -0.2) is 0 Å². The minimum atomic E-state index is 0.314. The molecule has 2 atom stereocenters. The Morgan fingerprint density at radius 3 is 2.86 bits per heavy atom. The van der Waals surface area contributed by atoms with Crippen LogP contribution in [0.2, 0.25) is 0 Å². The number of aryl methyl sites for hydroxylation is 1. The van der Waals surface area contributed by atoms with Gasteiger partial charge in [0.25, 0.3) is 0 Å². The topological polar surface area (TPSA) is 36.4 Å². The van der Waals surface area contributed by atoms with Crippen molar-refractivity contribution in [1.29, 1.82) is 0 Å². The molecule has 0 aromatic carbocycles. The van der Waals surface area contributed by atoms with Crippen LogP contribution in [-0.4, -0.2) is 45.9 Å². The Hall–Kier alpha value is -1.42. The van der Waals surface area contributed by atoms with E-state index in [1.165, 1.54) is 19.4 Å². The molecule has 0 bridgehead atoms. The van der Waals surface area contributed by atoms with E-state index in [9.17, 15) is 4.79 Å². The van der Waals surface area contributed by atoms with E-state index in [0.29, 0.717) is 31.0 Å². The third kappa shape index (κ3) is 2.57. The molecule has 0 radical (unpaired) electrons. The number of fused-ring (bicyclic) bond motifs is 1. The van der Waals surface area contributed by atoms with E-state index >= 15 is 0 Å². The molecule has 0 unspecified atom stereocenters. The van der Waals surface area contributed by atoms with E-state index in [4.69, 9.17) is 0 Å². The fourth-order valence-electron chi connectivity index (χ4n) is 3.94. The van der Waals surface area contributed by atoms with E-state index < -0.39 is 0 Å². The molecule has 1 aromatic rings. The summed E-state index contributed by atoms with van der Waals surface area (Å²) < 4.78 is 0. The summed E-state index contributed by atoms with van der Waals surface area (Å²) in [5, 5.41) is 0. The maximum atomic E-state index is 12.4. The van der Waals surface area contributed by atoms with Crippen LogP contribution in [0.1, 0.15) is 37.1 Å². The van der Waals surface area contributed by atoms with E-state index in [0.717, 1.165) is 30.3 Å². The highest BCUT2D eigenvalue weighted by atomic mass is 16.2. The number of hydrogen-bond donors (Lipinski definition) is 0. The minimum Gasteiger partial charge on any atom is -0.332 e. The monoisotopic (exact) mass is 285 g/mol. The molecule has 1 aliphatic carbocycles. The van der Waals surface area contributed by atoms with Crippen molar-refractivity contribution in [2.45, 2.75) is 51.2 Å². The van der Waals surface area contributed by atoms with Crippen molar-refractivity contribution in [3.63, 3.8) is 0 Å². The van der Waals surface area contributed by atoms with Crippen LogP contribution in [-0.2, 0) is 11.3 Å². The molecular weight excluding hydrogens is 262 g/mol. The molecule has 3 aliphatic rings. The molecule has 4 rings (SSSR count). The zero-order chi connectivity index (χ0) is 14.4. The Kier molecular flexibility index (Phi) is 3.21. The van der Waals surface area contributed by atoms with Crippen LogP contribution in [0, 0.1) is 12.8 Å². The van der Waals surface area contributed by atoms with Crippen LogP contribution in [0.4, 0.5) is 0 Å². The van der Waals surface area contributed by atoms with Crippen molar-refractivity contribution in [1.82, 2.24) is 14.8 Å². The largest absolute Gasteiger partial charge is 0.332 e. The number of hydrogen-bond acceptors (Lipinski definition) is 3. The molecule has 3 heterocycles. The summed E-state index contributed by atoms with van der Waals surface area (Å²) in [5.41, 5.74) is 2.04. The zero-order valence-corrected chi connectivity index (χ0v) is 12.7. The highest BCUT2D eigenvalue weighted by molar-refractivity contribution is 5.80. The lowest BCUT2D eigenvalue weighted by molar-refractivity contribution is -0.129. The van der Waals surface area contributed by atoms with Gasteiger partial charge in [-0.1, -0.05) is 6.07 Å². The maximum Gasteiger partial charge on any atom is 0.224 e. The molecule has 2 saturated heterocycles. The first-order chi connectivity index (χ1) is 10.2. The maximum absolute atomic E-state index is 12.4. The lowest BCUT2D eigenvalue weighted by Crippen LogP contribution is -2.37. The number of rotatable bonds is 4. The normalized spacial score (nSPS) is 29.2. The Morgan fingerprint density at radius 2 is 2.10 bits per heavy atom. The van der Waals surface area contributed by atoms with Crippen molar-refractivity contribution in [3.05, 3.63) is 29.6 Å². The predicted molar refractivity (Wildman–Crippen MR) is 80.6 cm³/mol. The van der Waals surface area contributed by atoms with Crippen LogP contribution in [0.25, 0.3) is 0 Å². The molecular formula is C17H23N3O. The van der Waals surface area contributed by atoms with Gasteiger partial charge in [0.15, 0.2) is 0 Å². The van der Waals surface area contributed by atoms with E-state index in [-0.39, 0.29) is 0 Å². The summed E-state index contributed by atoms with van der Waals surface area (Å²) in [4.78, 5) is 21.6. The SMILES string of the molecule is Cc1cccc(CN2C(=O)C[C@H]3[C@@H]2CCN3CC2CC2)n1. The number of likely N-dealkylation sites (tertiary alicyclic amines) is 2. The number of carbonyl (C=O) groups is 1. The second kappa shape index (κ2) is 5.09. The first kappa shape index (κ1) is 13.3. The molecule has 4 nitrogen and oxygen atoms in total. The molecule has 4 heteroatoms. The molecule has 0 spiro atoms. The van der Waals surface area contributed by atoms with Gasteiger partial charge in [0, 0.05) is 37.3 Å². The van der Waals surface area contributed by atoms with Crippen LogP contribution in [0.15, 0.2) is 18.2 Å². The van der Waals surface area contributed by atoms with Crippen molar-refractivity contribution >= 4 is 5.91 Å². The number of carbonyl (C=O) groups excluding carboxylic acids is 1. The van der Waals surface area contributed by atoms with Gasteiger partial charge < -0.3 is 4.90 Å². The number of nitrogens with zero attached hydrogens (tertiary/aromatic N) is 3. The van der Waals surface area contributed by atoms with Crippen LogP contribution in [0.3, 0.4) is 0 Å². The second-order valence-corrected chi connectivity index (χ2v) is 6.86. The lowest BCUT2D eigenvalue weighted by atomic mass is 10.1. The van der Waals surface area contributed by atoms with Crippen molar-refractivity contribution in [3.8, 4) is 0 Å². The Balaban J connectivity index is 1.47. The molecule has 1 amide bonds. The van der Waals surface area contributed by atoms with Crippen LogP contribution >= 0.6 is 0 Å². The first-order valence-electron chi connectivity index (χ1n) is 8.17. The lowest BCUT2D eigenvalue weighted by Gasteiger charge is -2.25. The molecule has 112 valence electrons. The molecule has 3 fully saturated rings. The molecule has 1 saturated carbocycles. The summed E-state index contributed by atoms with van der Waals surface area (Å²) in [6.45, 7) is 5.06. The van der Waals surface area contributed by atoms with Gasteiger partial charge in [-0.15, -0.1) is 0 Å². The molecule has 0 N–H and O–H groups in total. The van der Waals surface area contributed by atoms with Crippen LogP contribution < -0.4 is 0 Å². The summed E-state index contributed by atoms with van der Waals surface area (Å²) in [6, 6.07) is 6.95. The summed E-state index contributed by atoms with van der Waals surface area (Å²) in [6.07, 6.45) is 4.62. The first-order valence-corrected chi connectivity index (χ1v) is 8.17. The van der Waals surface area contributed by atoms with Crippen molar-refractivity contribution in [2.24, 2.45) is 5.92 Å². The van der Waals surface area contributed by atoms with Gasteiger partial charge in [0.2, 0.25) is 5.91 Å². The van der Waals surface area contributed by atoms with Crippen molar-refractivity contribution in [2.75, 3.05) is 13.1 Å². The average Bonchev–Trinajstić information content (AvgIpc) is 3.12. The number of amides is 1. The summed E-state index contributed by atoms with van der Waals surface area (Å²) >= 11 is 0. The predicted octanol–water partition coefficient (Wildman–Crippen LogP) is 1.98. The highest BCUT2D eigenvalue weighted by Crippen LogP contribution is 2.37. The Morgan fingerprint density at radius 1 is 1.24 bits per heavy atom. The van der Waals surface area contributed by atoms with Gasteiger partial charge in [0.05, 0.1) is 12.2 Å². The van der Waals surface area contributed by atoms with E-state index in [2.05, 4.69) is 14.8 Å². The second-order valence-electron chi connectivity index (χ2n) is 6.86. The molecule has 1 aromatic heterocycles. The zero-order valence-electron chi connectivity index (χ0n) is 12.7. The van der Waals surface area contributed by atoms with Gasteiger partial charge in [-0.2, -0.15) is 0 Å². The number of aromatic nitrogens is 1. The Labute approximate surface area is 126 Å².